The number of esters is 1. The molecule has 2 unspecified atom stereocenters. The van der Waals surface area contributed by atoms with E-state index in [9.17, 15) is 39.9 Å². The number of furan rings is 1. The maximum Gasteiger partial charge on any atom is 0.335 e. The van der Waals surface area contributed by atoms with Gasteiger partial charge in [-0.2, -0.15) is 0 Å². The highest BCUT2D eigenvalue weighted by Gasteiger charge is 2.89. The van der Waals surface area contributed by atoms with Crippen LogP contribution >= 0.6 is 0 Å². The number of carbonyl (C=O) groups excluding carboxylic acids is 2. The van der Waals surface area contributed by atoms with E-state index in [-0.39, 0.29) is 25.0 Å². The van der Waals surface area contributed by atoms with Crippen LogP contribution in [-0.4, -0.2) is 110 Å². The lowest BCUT2D eigenvalue weighted by Gasteiger charge is -2.62. The van der Waals surface area contributed by atoms with Crippen molar-refractivity contribution < 1.29 is 68.0 Å². The SMILES string of the molecule is CC1(C)OC2CC(=O)O[C@]23C2CC[C@@](C)([C@@H](O[C@H]4O[C@@H](CO)[C@H](O)[C@@H](O)[C@@H]4O)c4ccoc4)[C@@]4(O[C@@H]4C(=O)O)[C@]2(C)C(=O)C[C@H]13. The maximum atomic E-state index is 14.6. The van der Waals surface area contributed by atoms with Gasteiger partial charge in [0.05, 0.1) is 42.7 Å². The zero-order valence-electron chi connectivity index (χ0n) is 25.5. The third-order valence-electron chi connectivity index (χ3n) is 12.1. The van der Waals surface area contributed by atoms with Crippen LogP contribution in [0.15, 0.2) is 23.0 Å². The number of ketones is 1. The molecule has 1 aromatic heterocycles. The molecule has 14 heteroatoms. The second-order valence-corrected chi connectivity index (χ2v) is 14.5. The van der Waals surface area contributed by atoms with Gasteiger partial charge in [0.15, 0.2) is 12.4 Å². The molecule has 4 aliphatic heterocycles. The lowest BCUT2D eigenvalue weighted by Crippen LogP contribution is -2.72. The number of carbonyl (C=O) groups is 3. The minimum atomic E-state index is -1.74. The Kier molecular flexibility index (Phi) is 6.79. The number of Topliss-reactive ketones (excluding diaryl/α,β-unsaturated/α-hetero) is 1. The number of ether oxygens (including phenoxy) is 5. The van der Waals surface area contributed by atoms with E-state index < -0.39 is 107 Å². The zero-order valence-corrected chi connectivity index (χ0v) is 25.5. The molecular weight excluding hydrogens is 596 g/mol. The lowest BCUT2D eigenvalue weighted by molar-refractivity contribution is -0.328. The third kappa shape index (κ3) is 3.76. The van der Waals surface area contributed by atoms with Gasteiger partial charge in [-0.1, -0.05) is 6.92 Å². The Bertz CT molecular complexity index is 1390. The number of carboxylic acid groups (broad SMARTS) is 1. The first kappa shape index (κ1) is 31.2. The Balaban J connectivity index is 1.36. The molecule has 0 amide bonds. The van der Waals surface area contributed by atoms with Gasteiger partial charge in [0.2, 0.25) is 0 Å². The number of fused-ring (bicyclic) bond motifs is 2. The fourth-order valence-corrected chi connectivity index (χ4v) is 10.1. The fourth-order valence-electron chi connectivity index (χ4n) is 10.1. The molecule has 2 saturated carbocycles. The Morgan fingerprint density at radius 2 is 1.78 bits per heavy atom. The summed E-state index contributed by atoms with van der Waals surface area (Å²) >= 11 is 0. The van der Waals surface area contributed by atoms with Crippen LogP contribution < -0.4 is 0 Å². The van der Waals surface area contributed by atoms with Gasteiger partial charge in [-0.15, -0.1) is 0 Å². The molecule has 1 aromatic rings. The van der Waals surface area contributed by atoms with Crippen molar-refractivity contribution in [2.75, 3.05) is 6.61 Å². The van der Waals surface area contributed by atoms with Gasteiger partial charge >= 0.3 is 11.9 Å². The molecule has 6 aliphatic rings. The second kappa shape index (κ2) is 9.80. The van der Waals surface area contributed by atoms with Gasteiger partial charge in [-0.25, -0.2) is 4.79 Å². The Morgan fingerprint density at radius 1 is 1.04 bits per heavy atom. The van der Waals surface area contributed by atoms with Crippen molar-refractivity contribution in [1.82, 2.24) is 0 Å². The molecular formula is C31H40O14. The second-order valence-electron chi connectivity index (χ2n) is 14.5. The van der Waals surface area contributed by atoms with Crippen LogP contribution in [0.3, 0.4) is 0 Å². The summed E-state index contributed by atoms with van der Waals surface area (Å²) in [6, 6.07) is 1.60. The van der Waals surface area contributed by atoms with Gasteiger partial charge in [-0.3, -0.25) is 9.59 Å². The maximum absolute atomic E-state index is 14.6. The van der Waals surface area contributed by atoms with E-state index in [1.807, 2.05) is 13.8 Å². The van der Waals surface area contributed by atoms with E-state index in [1.54, 1.807) is 19.9 Å². The van der Waals surface area contributed by atoms with Crippen LogP contribution in [0.2, 0.25) is 0 Å². The molecule has 248 valence electrons. The largest absolute Gasteiger partial charge is 0.479 e. The lowest BCUT2D eigenvalue weighted by atomic mass is 9.40. The van der Waals surface area contributed by atoms with Crippen LogP contribution in [0.1, 0.15) is 65.0 Å². The monoisotopic (exact) mass is 636 g/mol. The van der Waals surface area contributed by atoms with Gasteiger partial charge in [0.25, 0.3) is 0 Å². The molecule has 14 atom stereocenters. The average Bonchev–Trinajstić information content (AvgIpc) is 3.28. The summed E-state index contributed by atoms with van der Waals surface area (Å²) in [7, 11) is 0. The number of hydrogen-bond acceptors (Lipinski definition) is 13. The van der Waals surface area contributed by atoms with E-state index in [4.69, 9.17) is 28.1 Å². The first-order valence-corrected chi connectivity index (χ1v) is 15.4. The summed E-state index contributed by atoms with van der Waals surface area (Å²) in [5.41, 5.74) is -6.02. The average molecular weight is 637 g/mol. The third-order valence-corrected chi connectivity index (χ3v) is 12.1. The first-order chi connectivity index (χ1) is 21.1. The summed E-state index contributed by atoms with van der Waals surface area (Å²) in [4.78, 5) is 40.2. The van der Waals surface area contributed by atoms with Crippen LogP contribution in [0.5, 0.6) is 0 Å². The van der Waals surface area contributed by atoms with E-state index in [1.165, 1.54) is 12.5 Å². The quantitative estimate of drug-likeness (QED) is 0.209. The molecule has 2 aliphatic carbocycles. The van der Waals surface area contributed by atoms with Crippen molar-refractivity contribution in [3.8, 4) is 0 Å². The standard InChI is InChI=1S/C31H40O14/c1-27(2)16-9-17(33)29(4)15(30(16)18(43-27)10-19(34)44-30)5-7-28(3,31(29)24(45-31)25(38)39)23(13-6-8-40-12-13)42-26-22(37)21(36)20(35)14(11-32)41-26/h6,8,12,14-16,18,20-24,26,32,35-37H,5,7,9-11H2,1-4H3,(H,38,39)/t14-,15?,16+,18?,20-,21+,22-,23-,24+,26+,28-,29-,30-,31+/m0/s1. The summed E-state index contributed by atoms with van der Waals surface area (Å²) in [6.45, 7) is 6.52. The van der Waals surface area contributed by atoms with E-state index in [2.05, 4.69) is 0 Å². The molecule has 6 fully saturated rings. The highest BCUT2D eigenvalue weighted by molar-refractivity contribution is 5.93. The summed E-state index contributed by atoms with van der Waals surface area (Å²) < 4.78 is 36.4. The highest BCUT2D eigenvalue weighted by Crippen LogP contribution is 2.77. The van der Waals surface area contributed by atoms with Gasteiger partial charge in [-0.05, 0) is 39.7 Å². The van der Waals surface area contributed by atoms with Crippen molar-refractivity contribution in [2.24, 2.45) is 22.7 Å². The number of epoxide rings is 1. The Hall–Kier alpha value is -2.43. The van der Waals surface area contributed by atoms with Crippen molar-refractivity contribution in [3.05, 3.63) is 24.2 Å². The minimum Gasteiger partial charge on any atom is -0.479 e. The number of aliphatic hydroxyl groups is 4. The van der Waals surface area contributed by atoms with Crippen molar-refractivity contribution in [3.63, 3.8) is 0 Å². The van der Waals surface area contributed by atoms with Crippen molar-refractivity contribution >= 4 is 17.7 Å². The van der Waals surface area contributed by atoms with Gasteiger partial charge in [0, 0.05) is 29.2 Å². The van der Waals surface area contributed by atoms with E-state index >= 15 is 0 Å². The van der Waals surface area contributed by atoms with Gasteiger partial charge in [0.1, 0.15) is 47.5 Å². The molecule has 0 aromatic carbocycles. The molecule has 2 spiro atoms. The normalized spacial score (nSPS) is 50.4. The summed E-state index contributed by atoms with van der Waals surface area (Å²) in [6.07, 6.45) is -7.82. The smallest absolute Gasteiger partial charge is 0.335 e. The molecule has 5 heterocycles. The summed E-state index contributed by atoms with van der Waals surface area (Å²) in [5, 5.41) is 51.9. The molecule has 4 saturated heterocycles. The van der Waals surface area contributed by atoms with Crippen molar-refractivity contribution in [2.45, 2.75) is 119 Å². The fraction of sp³-hybridized carbons (Fsp3) is 0.774. The number of aliphatic hydroxyl groups excluding tert-OH is 4. The van der Waals surface area contributed by atoms with Crippen LogP contribution in [0.4, 0.5) is 0 Å². The number of aliphatic carboxylic acids is 1. The molecule has 0 bridgehead atoms. The summed E-state index contributed by atoms with van der Waals surface area (Å²) in [5.74, 6) is -3.06. The van der Waals surface area contributed by atoms with Crippen molar-refractivity contribution in [1.29, 1.82) is 0 Å². The first-order valence-electron chi connectivity index (χ1n) is 15.4. The molecule has 14 nitrogen and oxygen atoms in total. The van der Waals surface area contributed by atoms with Gasteiger partial charge < -0.3 is 53.6 Å². The Morgan fingerprint density at radius 3 is 2.40 bits per heavy atom. The van der Waals surface area contributed by atoms with Crippen LogP contribution in [-0.2, 0) is 38.1 Å². The highest BCUT2D eigenvalue weighted by atomic mass is 16.7. The molecule has 5 N–H and O–H groups in total. The predicted octanol–water partition coefficient (Wildman–Crippen LogP) is 0.234. The number of rotatable bonds is 6. The zero-order chi connectivity index (χ0) is 32.5. The van der Waals surface area contributed by atoms with E-state index in [0.717, 1.165) is 0 Å². The predicted molar refractivity (Wildman–Crippen MR) is 146 cm³/mol. The number of carboxylic acids is 1. The topological polar surface area (TPSA) is 215 Å². The van der Waals surface area contributed by atoms with Crippen LogP contribution in [0, 0.1) is 22.7 Å². The molecule has 0 radical (unpaired) electrons. The number of hydrogen-bond donors (Lipinski definition) is 5. The Labute approximate surface area is 258 Å². The molecule has 7 rings (SSSR count). The molecule has 45 heavy (non-hydrogen) atoms. The minimum absolute atomic E-state index is 0.0199. The van der Waals surface area contributed by atoms with Crippen LogP contribution in [0.25, 0.3) is 0 Å². The van der Waals surface area contributed by atoms with E-state index in [0.29, 0.717) is 12.0 Å².